The normalized spacial score (nSPS) is 14.8. The number of fused-ring (bicyclic) bond motifs is 1. The van der Waals surface area contributed by atoms with E-state index in [0.717, 1.165) is 11.8 Å². The fourth-order valence-corrected chi connectivity index (χ4v) is 3.33. The molecule has 24 heavy (non-hydrogen) atoms. The monoisotopic (exact) mass is 344 g/mol. The predicted molar refractivity (Wildman–Crippen MR) is 86.9 cm³/mol. The van der Waals surface area contributed by atoms with Gasteiger partial charge in [0.2, 0.25) is 15.0 Å². The first-order chi connectivity index (χ1) is 11.4. The molecule has 0 aliphatic carbocycles. The molecule has 0 unspecified atom stereocenters. The third kappa shape index (κ3) is 3.37. The zero-order valence-corrected chi connectivity index (χ0v) is 13.9. The maximum absolute atomic E-state index is 12.1. The number of nitrogens with one attached hydrogen (secondary N) is 1. The molecule has 1 aliphatic rings. The highest BCUT2D eigenvalue weighted by atomic mass is 32.2. The van der Waals surface area contributed by atoms with Crippen LogP contribution in [0, 0.1) is 11.3 Å². The van der Waals surface area contributed by atoms with Crippen LogP contribution in [0.25, 0.3) is 0 Å². The standard InChI is InChI=1S/C16H16N4O3S/c1-24(22,23)16-18-14-10-20(6-5-13(14)15(21)19-16)9-12-4-2-3-11(7-12)8-17/h2-4,7H,5-6,9-10H2,1H3,(H,18,19,21). The van der Waals surface area contributed by atoms with Crippen molar-refractivity contribution in [3.05, 3.63) is 57.0 Å². The summed E-state index contributed by atoms with van der Waals surface area (Å²) in [7, 11) is -3.57. The van der Waals surface area contributed by atoms with E-state index >= 15 is 0 Å². The fourth-order valence-electron chi connectivity index (χ4n) is 2.78. The van der Waals surface area contributed by atoms with Crippen LogP contribution < -0.4 is 5.56 Å². The second-order valence-corrected chi connectivity index (χ2v) is 7.77. The quantitative estimate of drug-likeness (QED) is 0.817. The molecule has 0 spiro atoms. The van der Waals surface area contributed by atoms with Gasteiger partial charge in [-0.1, -0.05) is 12.1 Å². The third-order valence-corrected chi connectivity index (χ3v) is 4.84. The summed E-state index contributed by atoms with van der Waals surface area (Å²) in [6.45, 7) is 1.68. The van der Waals surface area contributed by atoms with Crippen LogP contribution in [0.2, 0.25) is 0 Å². The number of rotatable bonds is 3. The van der Waals surface area contributed by atoms with Crippen LogP contribution in [-0.2, 0) is 29.3 Å². The number of nitriles is 1. The molecule has 124 valence electrons. The molecule has 0 saturated carbocycles. The molecule has 1 aliphatic heterocycles. The van der Waals surface area contributed by atoms with Crippen molar-refractivity contribution in [3.8, 4) is 6.07 Å². The van der Waals surface area contributed by atoms with Gasteiger partial charge >= 0.3 is 0 Å². The van der Waals surface area contributed by atoms with Gasteiger partial charge in [-0.3, -0.25) is 14.7 Å². The lowest BCUT2D eigenvalue weighted by Crippen LogP contribution is -2.35. The summed E-state index contributed by atoms with van der Waals surface area (Å²) >= 11 is 0. The highest BCUT2D eigenvalue weighted by Gasteiger charge is 2.23. The SMILES string of the molecule is CS(=O)(=O)c1nc2c(c(=O)[nH]1)CCN(Cc1cccc(C#N)c1)C2. The summed E-state index contributed by atoms with van der Waals surface area (Å²) < 4.78 is 23.3. The molecule has 3 rings (SSSR count). The molecule has 8 heteroatoms. The molecule has 0 atom stereocenters. The Bertz CT molecular complexity index is 989. The van der Waals surface area contributed by atoms with E-state index in [2.05, 4.69) is 20.9 Å². The van der Waals surface area contributed by atoms with Crippen LogP contribution in [-0.4, -0.2) is 36.1 Å². The molecule has 0 bridgehead atoms. The Hall–Kier alpha value is -2.50. The summed E-state index contributed by atoms with van der Waals surface area (Å²) in [6, 6.07) is 9.44. The number of nitrogens with zero attached hydrogens (tertiary/aromatic N) is 3. The third-order valence-electron chi connectivity index (χ3n) is 3.94. The van der Waals surface area contributed by atoms with Crippen molar-refractivity contribution in [2.24, 2.45) is 0 Å². The van der Waals surface area contributed by atoms with Crippen LogP contribution in [0.4, 0.5) is 0 Å². The largest absolute Gasteiger partial charge is 0.297 e. The van der Waals surface area contributed by atoms with Gasteiger partial charge in [-0.05, 0) is 24.1 Å². The topological polar surface area (TPSA) is 107 Å². The second-order valence-electron chi connectivity index (χ2n) is 5.84. The molecule has 1 aromatic carbocycles. The Kier molecular flexibility index (Phi) is 4.22. The van der Waals surface area contributed by atoms with Gasteiger partial charge < -0.3 is 0 Å². The van der Waals surface area contributed by atoms with Crippen molar-refractivity contribution in [1.29, 1.82) is 5.26 Å². The Morgan fingerprint density at radius 2 is 2.21 bits per heavy atom. The van der Waals surface area contributed by atoms with E-state index in [4.69, 9.17) is 5.26 Å². The number of H-pyrrole nitrogens is 1. The predicted octanol–water partition coefficient (Wildman–Crippen LogP) is 0.603. The fraction of sp³-hybridized carbons (Fsp3) is 0.312. The van der Waals surface area contributed by atoms with E-state index in [1.807, 2.05) is 18.2 Å². The van der Waals surface area contributed by atoms with E-state index in [1.165, 1.54) is 0 Å². The van der Waals surface area contributed by atoms with Crippen molar-refractivity contribution >= 4 is 9.84 Å². The van der Waals surface area contributed by atoms with Crippen molar-refractivity contribution in [1.82, 2.24) is 14.9 Å². The minimum atomic E-state index is -3.57. The molecule has 2 aromatic rings. The van der Waals surface area contributed by atoms with Crippen LogP contribution in [0.5, 0.6) is 0 Å². The van der Waals surface area contributed by atoms with Crippen LogP contribution >= 0.6 is 0 Å². The highest BCUT2D eigenvalue weighted by molar-refractivity contribution is 7.90. The van der Waals surface area contributed by atoms with Gasteiger partial charge in [-0.25, -0.2) is 13.4 Å². The maximum atomic E-state index is 12.1. The van der Waals surface area contributed by atoms with Crippen molar-refractivity contribution in [2.45, 2.75) is 24.7 Å². The summed E-state index contributed by atoms with van der Waals surface area (Å²) in [5.41, 5.74) is 2.25. The number of aromatic amines is 1. The number of hydrogen-bond acceptors (Lipinski definition) is 6. The average molecular weight is 344 g/mol. The minimum absolute atomic E-state index is 0.292. The number of benzene rings is 1. The summed E-state index contributed by atoms with van der Waals surface area (Å²) in [5.74, 6) is 0. The molecular weight excluding hydrogens is 328 g/mol. The van der Waals surface area contributed by atoms with Crippen LogP contribution in [0.3, 0.4) is 0 Å². The lowest BCUT2D eigenvalue weighted by molar-refractivity contribution is 0.239. The van der Waals surface area contributed by atoms with Crippen LogP contribution in [0.1, 0.15) is 22.4 Å². The first-order valence-electron chi connectivity index (χ1n) is 7.40. The molecule has 0 amide bonds. The molecule has 0 radical (unpaired) electrons. The van der Waals surface area contributed by atoms with Gasteiger partial charge in [0.25, 0.3) is 5.56 Å². The van der Waals surface area contributed by atoms with Crippen molar-refractivity contribution < 1.29 is 8.42 Å². The van der Waals surface area contributed by atoms with Crippen LogP contribution in [0.15, 0.2) is 34.2 Å². The van der Waals surface area contributed by atoms with Gasteiger partial charge in [-0.15, -0.1) is 0 Å². The highest BCUT2D eigenvalue weighted by Crippen LogP contribution is 2.18. The van der Waals surface area contributed by atoms with Crippen molar-refractivity contribution in [2.75, 3.05) is 12.8 Å². The lowest BCUT2D eigenvalue weighted by Gasteiger charge is -2.27. The van der Waals surface area contributed by atoms with Gasteiger partial charge in [-0.2, -0.15) is 5.26 Å². The summed E-state index contributed by atoms with van der Waals surface area (Å²) in [6.07, 6.45) is 1.53. The lowest BCUT2D eigenvalue weighted by atomic mass is 10.1. The Morgan fingerprint density at radius 3 is 2.92 bits per heavy atom. The molecule has 1 aromatic heterocycles. The summed E-state index contributed by atoms with van der Waals surface area (Å²) in [5, 5.41) is 8.67. The first-order valence-corrected chi connectivity index (χ1v) is 9.29. The van der Waals surface area contributed by atoms with Gasteiger partial charge in [0.05, 0.1) is 17.3 Å². The van der Waals surface area contributed by atoms with Gasteiger partial charge in [0.15, 0.2) is 0 Å². The molecule has 2 heterocycles. The average Bonchev–Trinajstić information content (AvgIpc) is 2.54. The molecular formula is C16H16N4O3S. The van der Waals surface area contributed by atoms with Gasteiger partial charge in [0.1, 0.15) is 0 Å². The smallest absolute Gasteiger partial charge is 0.255 e. The van der Waals surface area contributed by atoms with E-state index in [-0.39, 0.29) is 10.7 Å². The maximum Gasteiger partial charge on any atom is 0.255 e. The summed E-state index contributed by atoms with van der Waals surface area (Å²) in [4.78, 5) is 20.6. The zero-order valence-electron chi connectivity index (χ0n) is 13.1. The Balaban J connectivity index is 1.87. The molecule has 1 N–H and O–H groups in total. The molecule has 0 saturated heterocycles. The number of sulfone groups is 1. The molecule has 0 fully saturated rings. The first kappa shape index (κ1) is 16.4. The van der Waals surface area contributed by atoms with E-state index in [9.17, 15) is 13.2 Å². The number of hydrogen-bond donors (Lipinski definition) is 1. The Morgan fingerprint density at radius 1 is 1.42 bits per heavy atom. The van der Waals surface area contributed by atoms with E-state index in [0.29, 0.717) is 42.9 Å². The van der Waals surface area contributed by atoms with Crippen molar-refractivity contribution in [3.63, 3.8) is 0 Å². The van der Waals surface area contributed by atoms with Gasteiger partial charge in [0, 0.05) is 31.5 Å². The zero-order chi connectivity index (χ0) is 17.3. The molecule has 7 nitrogen and oxygen atoms in total. The minimum Gasteiger partial charge on any atom is -0.297 e. The van der Waals surface area contributed by atoms with E-state index < -0.39 is 9.84 Å². The number of aromatic nitrogens is 2. The second kappa shape index (κ2) is 6.19. The van der Waals surface area contributed by atoms with E-state index in [1.54, 1.807) is 6.07 Å². The Labute approximate surface area is 139 Å².